The second-order valence-electron chi connectivity index (χ2n) is 5.02. The average Bonchev–Trinajstić information content (AvgIpc) is 2.50. The van der Waals surface area contributed by atoms with E-state index >= 15 is 0 Å². The van der Waals surface area contributed by atoms with Crippen LogP contribution in [-0.4, -0.2) is 40.8 Å². The van der Waals surface area contributed by atoms with E-state index in [-0.39, 0.29) is 24.7 Å². The summed E-state index contributed by atoms with van der Waals surface area (Å²) in [5.74, 6) is -1.19. The van der Waals surface area contributed by atoms with E-state index in [1.807, 2.05) is 13.8 Å². The zero-order chi connectivity index (χ0) is 10.8. The average molecular weight is 214 g/mol. The fraction of sp³-hybridized carbons (Fsp3) is 0.900. The van der Waals surface area contributed by atoms with E-state index in [9.17, 15) is 9.90 Å². The minimum Gasteiger partial charge on any atom is -0.457 e. The summed E-state index contributed by atoms with van der Waals surface area (Å²) in [6, 6.07) is 0. The lowest BCUT2D eigenvalue weighted by atomic mass is 9.82. The molecule has 5 heteroatoms. The highest BCUT2D eigenvalue weighted by Gasteiger charge is 2.62. The second-order valence-corrected chi connectivity index (χ2v) is 5.02. The summed E-state index contributed by atoms with van der Waals surface area (Å²) in [6.45, 7) is 3.65. The molecule has 5 nitrogen and oxygen atoms in total. The van der Waals surface area contributed by atoms with Crippen LogP contribution in [0.4, 0.5) is 0 Å². The van der Waals surface area contributed by atoms with Gasteiger partial charge in [-0.2, -0.15) is 0 Å². The zero-order valence-corrected chi connectivity index (χ0v) is 8.73. The van der Waals surface area contributed by atoms with E-state index in [0.717, 1.165) is 0 Å². The molecule has 0 aromatic carbocycles. The third kappa shape index (κ3) is 1.23. The molecule has 0 unspecified atom stereocenters. The smallest absolute Gasteiger partial charge is 0.338 e. The fourth-order valence-corrected chi connectivity index (χ4v) is 2.72. The van der Waals surface area contributed by atoms with E-state index in [4.69, 9.17) is 14.2 Å². The second kappa shape index (κ2) is 2.53. The van der Waals surface area contributed by atoms with Gasteiger partial charge in [0.25, 0.3) is 0 Å². The highest BCUT2D eigenvalue weighted by Crippen LogP contribution is 2.46. The summed E-state index contributed by atoms with van der Waals surface area (Å²) in [7, 11) is 0. The van der Waals surface area contributed by atoms with Crippen LogP contribution in [0.2, 0.25) is 0 Å². The molecule has 84 valence electrons. The van der Waals surface area contributed by atoms with Gasteiger partial charge < -0.3 is 19.3 Å². The molecule has 2 saturated heterocycles. The van der Waals surface area contributed by atoms with E-state index < -0.39 is 17.4 Å². The van der Waals surface area contributed by atoms with E-state index in [2.05, 4.69) is 0 Å². The Kier molecular flexibility index (Phi) is 1.62. The number of ether oxygens (including phenoxy) is 3. The standard InChI is InChI=1S/C10H14O5/c1-9(2)14-6-4-10(12)3-5(7(6)15-9)13-8(10)11/h5-7,12H,3-4H2,1-2H3/t5-,6-,7+,10-/m1/s1. The molecule has 0 spiro atoms. The van der Waals surface area contributed by atoms with Crippen LogP contribution in [0.3, 0.4) is 0 Å². The topological polar surface area (TPSA) is 65.0 Å². The molecular weight excluding hydrogens is 200 g/mol. The highest BCUT2D eigenvalue weighted by atomic mass is 16.8. The molecule has 2 heterocycles. The van der Waals surface area contributed by atoms with Gasteiger partial charge in [-0.1, -0.05) is 0 Å². The van der Waals surface area contributed by atoms with Gasteiger partial charge in [0.15, 0.2) is 11.4 Å². The molecule has 15 heavy (non-hydrogen) atoms. The minimum atomic E-state index is -1.35. The first kappa shape index (κ1) is 9.57. The summed E-state index contributed by atoms with van der Waals surface area (Å²) in [5.41, 5.74) is -1.35. The number of hydrogen-bond donors (Lipinski definition) is 1. The van der Waals surface area contributed by atoms with Crippen molar-refractivity contribution in [2.24, 2.45) is 0 Å². The Morgan fingerprint density at radius 2 is 1.93 bits per heavy atom. The van der Waals surface area contributed by atoms with Crippen molar-refractivity contribution >= 4 is 5.97 Å². The first-order valence-corrected chi connectivity index (χ1v) is 5.19. The minimum absolute atomic E-state index is 0.230. The van der Waals surface area contributed by atoms with E-state index in [1.165, 1.54) is 0 Å². The van der Waals surface area contributed by atoms with E-state index in [0.29, 0.717) is 6.42 Å². The number of hydrogen-bond acceptors (Lipinski definition) is 5. The Hall–Kier alpha value is -0.650. The first-order valence-electron chi connectivity index (χ1n) is 5.19. The highest BCUT2D eigenvalue weighted by molar-refractivity contribution is 5.82. The van der Waals surface area contributed by atoms with Gasteiger partial charge in [0, 0.05) is 12.8 Å². The van der Waals surface area contributed by atoms with Crippen molar-refractivity contribution < 1.29 is 24.1 Å². The maximum absolute atomic E-state index is 11.4. The summed E-state index contributed by atoms with van der Waals surface area (Å²) < 4.78 is 16.4. The van der Waals surface area contributed by atoms with Crippen molar-refractivity contribution in [1.29, 1.82) is 0 Å². The third-order valence-corrected chi connectivity index (χ3v) is 3.30. The van der Waals surface area contributed by atoms with Crippen molar-refractivity contribution in [3.05, 3.63) is 0 Å². The van der Waals surface area contributed by atoms with Crippen LogP contribution in [0.15, 0.2) is 0 Å². The van der Waals surface area contributed by atoms with Gasteiger partial charge in [-0.05, 0) is 13.8 Å². The quantitative estimate of drug-likeness (QED) is 0.573. The van der Waals surface area contributed by atoms with Gasteiger partial charge in [-0.15, -0.1) is 0 Å². The van der Waals surface area contributed by atoms with Crippen molar-refractivity contribution in [2.75, 3.05) is 0 Å². The fourth-order valence-electron chi connectivity index (χ4n) is 2.72. The largest absolute Gasteiger partial charge is 0.457 e. The Morgan fingerprint density at radius 1 is 1.27 bits per heavy atom. The van der Waals surface area contributed by atoms with Crippen molar-refractivity contribution in [3.8, 4) is 0 Å². The van der Waals surface area contributed by atoms with Crippen molar-refractivity contribution in [2.45, 2.75) is 56.4 Å². The van der Waals surface area contributed by atoms with Crippen LogP contribution in [-0.2, 0) is 19.0 Å². The molecule has 0 radical (unpaired) electrons. The van der Waals surface area contributed by atoms with Crippen LogP contribution in [0.25, 0.3) is 0 Å². The Morgan fingerprint density at radius 3 is 2.67 bits per heavy atom. The molecular formula is C10H14O5. The Labute approximate surface area is 87.3 Å². The molecule has 1 N–H and O–H groups in total. The van der Waals surface area contributed by atoms with Gasteiger partial charge in [-0.25, -0.2) is 4.79 Å². The van der Waals surface area contributed by atoms with Crippen LogP contribution in [0, 0.1) is 0 Å². The van der Waals surface area contributed by atoms with Crippen LogP contribution >= 0.6 is 0 Å². The van der Waals surface area contributed by atoms with Crippen LogP contribution < -0.4 is 0 Å². The number of aliphatic hydroxyl groups is 1. The molecule has 3 fully saturated rings. The lowest BCUT2D eigenvalue weighted by Gasteiger charge is -2.29. The van der Waals surface area contributed by atoms with Crippen LogP contribution in [0.1, 0.15) is 26.7 Å². The molecule has 2 aliphatic heterocycles. The molecule has 4 atom stereocenters. The molecule has 2 bridgehead atoms. The number of carbonyl (C=O) groups is 1. The summed E-state index contributed by atoms with van der Waals surface area (Å²) in [6.07, 6.45) is -0.229. The molecule has 1 aliphatic carbocycles. The van der Waals surface area contributed by atoms with Gasteiger partial charge in [-0.3, -0.25) is 0 Å². The summed E-state index contributed by atoms with van der Waals surface area (Å²) in [4.78, 5) is 11.4. The molecule has 1 saturated carbocycles. The Bertz CT molecular complexity index is 326. The SMILES string of the molecule is CC1(C)O[C@H]2[C@H]3C[C@@](O)(C[C@H]2O1)C(=O)O3. The van der Waals surface area contributed by atoms with Gasteiger partial charge in [0.05, 0.1) is 6.10 Å². The monoisotopic (exact) mass is 214 g/mol. The maximum Gasteiger partial charge on any atom is 0.338 e. The summed E-state index contributed by atoms with van der Waals surface area (Å²) >= 11 is 0. The Balaban J connectivity index is 1.90. The van der Waals surface area contributed by atoms with E-state index in [1.54, 1.807) is 0 Å². The molecule has 0 aromatic rings. The van der Waals surface area contributed by atoms with Gasteiger partial charge >= 0.3 is 5.97 Å². The van der Waals surface area contributed by atoms with Crippen molar-refractivity contribution in [3.63, 3.8) is 0 Å². The molecule has 3 aliphatic rings. The van der Waals surface area contributed by atoms with Crippen LogP contribution in [0.5, 0.6) is 0 Å². The molecule has 3 rings (SSSR count). The number of rotatable bonds is 0. The predicted octanol–water partition coefficient (Wildman–Crippen LogP) is -0.0432. The lowest BCUT2D eigenvalue weighted by molar-refractivity contribution is -0.171. The lowest BCUT2D eigenvalue weighted by Crippen LogP contribution is -2.47. The van der Waals surface area contributed by atoms with Gasteiger partial charge in [0.2, 0.25) is 0 Å². The number of fused-ring (bicyclic) bond motifs is 4. The maximum atomic E-state index is 11.4. The number of esters is 1. The zero-order valence-electron chi connectivity index (χ0n) is 8.73. The number of carbonyl (C=O) groups excluding carboxylic acids is 1. The normalized spacial score (nSPS) is 51.4. The first-order chi connectivity index (χ1) is 6.90. The summed E-state index contributed by atoms with van der Waals surface area (Å²) in [5, 5.41) is 10.00. The molecule has 0 amide bonds. The molecule has 0 aromatic heterocycles. The van der Waals surface area contributed by atoms with Gasteiger partial charge in [0.1, 0.15) is 12.2 Å². The van der Waals surface area contributed by atoms with Crippen molar-refractivity contribution in [1.82, 2.24) is 0 Å². The predicted molar refractivity (Wildman–Crippen MR) is 47.9 cm³/mol. The third-order valence-electron chi connectivity index (χ3n) is 3.30.